The first-order chi connectivity index (χ1) is 11.2. The van der Waals surface area contributed by atoms with Crippen molar-refractivity contribution in [2.45, 2.75) is 19.4 Å². The molecule has 5 heteroatoms. The summed E-state index contributed by atoms with van der Waals surface area (Å²) in [6, 6.07) is 16.7. The van der Waals surface area contributed by atoms with Crippen LogP contribution >= 0.6 is 28.3 Å². The van der Waals surface area contributed by atoms with Gasteiger partial charge in [-0.2, -0.15) is 0 Å². The van der Waals surface area contributed by atoms with Crippen LogP contribution < -0.4 is 10.6 Å². The van der Waals surface area contributed by atoms with Crippen molar-refractivity contribution < 1.29 is 0 Å². The number of nitrogens with two attached hydrogens (primary N) is 1. The highest BCUT2D eigenvalue weighted by Crippen LogP contribution is 2.36. The van der Waals surface area contributed by atoms with E-state index in [0.29, 0.717) is 0 Å². The number of anilines is 2. The Kier molecular flexibility index (Phi) is 4.97. The fourth-order valence-corrected chi connectivity index (χ4v) is 3.67. The number of hydrogen-bond donors (Lipinski definition) is 1. The summed E-state index contributed by atoms with van der Waals surface area (Å²) in [4.78, 5) is 7.27. The standard InChI is InChI=1S/C19H18BrN3.ClH/c20-14-8-9-17-16(11-14)18(21)15-7-4-10-23(19(15)22-17)12-13-5-2-1-3-6-13;/h1-3,5-6,8-9,11H,4,7,10,12H2,(H2,21,22);1H. The molecule has 124 valence electrons. The van der Waals surface area contributed by atoms with Gasteiger partial charge in [-0.15, -0.1) is 12.4 Å². The molecular formula is C19H19BrClN3. The van der Waals surface area contributed by atoms with Crippen LogP contribution in [0, 0.1) is 0 Å². The molecule has 0 radical (unpaired) electrons. The number of halogens is 2. The first kappa shape index (κ1) is 17.1. The maximum Gasteiger partial charge on any atom is 0.134 e. The number of hydrogen-bond acceptors (Lipinski definition) is 3. The lowest BCUT2D eigenvalue weighted by molar-refractivity contribution is 0.682. The molecule has 0 saturated heterocycles. The lowest BCUT2D eigenvalue weighted by Crippen LogP contribution is -2.30. The van der Waals surface area contributed by atoms with E-state index in [1.807, 2.05) is 12.1 Å². The van der Waals surface area contributed by atoms with Crippen LogP contribution in [-0.4, -0.2) is 11.5 Å². The predicted molar refractivity (Wildman–Crippen MR) is 107 cm³/mol. The number of rotatable bonds is 2. The average molecular weight is 405 g/mol. The Morgan fingerprint density at radius 1 is 1.12 bits per heavy atom. The van der Waals surface area contributed by atoms with Gasteiger partial charge in [-0.05, 0) is 36.6 Å². The molecule has 0 unspecified atom stereocenters. The minimum absolute atomic E-state index is 0. The van der Waals surface area contributed by atoms with Gasteiger partial charge in [0.15, 0.2) is 0 Å². The van der Waals surface area contributed by atoms with Crippen LogP contribution in [0.5, 0.6) is 0 Å². The van der Waals surface area contributed by atoms with E-state index in [1.165, 1.54) is 11.1 Å². The fraction of sp³-hybridized carbons (Fsp3) is 0.211. The van der Waals surface area contributed by atoms with E-state index in [0.717, 1.165) is 52.8 Å². The smallest absolute Gasteiger partial charge is 0.134 e. The minimum Gasteiger partial charge on any atom is -0.398 e. The Morgan fingerprint density at radius 2 is 1.92 bits per heavy atom. The molecule has 1 aliphatic heterocycles. The summed E-state index contributed by atoms with van der Waals surface area (Å²) >= 11 is 3.52. The van der Waals surface area contributed by atoms with Crippen molar-refractivity contribution in [1.29, 1.82) is 0 Å². The summed E-state index contributed by atoms with van der Waals surface area (Å²) in [6.07, 6.45) is 2.12. The summed E-state index contributed by atoms with van der Waals surface area (Å²) in [5, 5.41) is 1.04. The molecule has 0 aliphatic carbocycles. The molecule has 0 fully saturated rings. The third-order valence-electron chi connectivity index (χ3n) is 4.44. The van der Waals surface area contributed by atoms with Crippen molar-refractivity contribution in [3.8, 4) is 0 Å². The summed E-state index contributed by atoms with van der Waals surface area (Å²) < 4.78 is 1.04. The molecule has 24 heavy (non-hydrogen) atoms. The molecule has 2 N–H and O–H groups in total. The molecule has 0 atom stereocenters. The van der Waals surface area contributed by atoms with Crippen molar-refractivity contribution >= 4 is 50.7 Å². The fourth-order valence-electron chi connectivity index (χ4n) is 3.30. The second-order valence-electron chi connectivity index (χ2n) is 6.00. The van der Waals surface area contributed by atoms with Crippen molar-refractivity contribution in [3.05, 3.63) is 64.1 Å². The zero-order chi connectivity index (χ0) is 15.8. The Morgan fingerprint density at radius 3 is 2.71 bits per heavy atom. The van der Waals surface area contributed by atoms with Gasteiger partial charge in [-0.25, -0.2) is 4.98 Å². The van der Waals surface area contributed by atoms with E-state index in [9.17, 15) is 0 Å². The molecule has 0 amide bonds. The molecule has 0 bridgehead atoms. The van der Waals surface area contributed by atoms with Crippen molar-refractivity contribution in [2.75, 3.05) is 17.2 Å². The highest BCUT2D eigenvalue weighted by Gasteiger charge is 2.22. The van der Waals surface area contributed by atoms with Gasteiger partial charge in [-0.3, -0.25) is 0 Å². The van der Waals surface area contributed by atoms with Gasteiger partial charge >= 0.3 is 0 Å². The zero-order valence-corrected chi connectivity index (χ0v) is 15.6. The monoisotopic (exact) mass is 403 g/mol. The van der Waals surface area contributed by atoms with Gasteiger partial charge in [0.25, 0.3) is 0 Å². The maximum absolute atomic E-state index is 6.48. The van der Waals surface area contributed by atoms with E-state index < -0.39 is 0 Å². The summed E-state index contributed by atoms with van der Waals surface area (Å²) in [6.45, 7) is 1.90. The quantitative estimate of drug-likeness (QED) is 0.657. The summed E-state index contributed by atoms with van der Waals surface area (Å²) in [5.74, 6) is 1.05. The van der Waals surface area contributed by atoms with Gasteiger partial charge < -0.3 is 10.6 Å². The molecule has 2 heterocycles. The first-order valence-corrected chi connectivity index (χ1v) is 8.68. The lowest BCUT2D eigenvalue weighted by atomic mass is 10.00. The van der Waals surface area contributed by atoms with Crippen LogP contribution in [0.4, 0.5) is 11.5 Å². The van der Waals surface area contributed by atoms with Crippen LogP contribution in [0.2, 0.25) is 0 Å². The number of fused-ring (bicyclic) bond motifs is 2. The first-order valence-electron chi connectivity index (χ1n) is 7.89. The van der Waals surface area contributed by atoms with Gasteiger partial charge in [0.2, 0.25) is 0 Å². The van der Waals surface area contributed by atoms with Crippen LogP contribution in [0.1, 0.15) is 17.5 Å². The topological polar surface area (TPSA) is 42.1 Å². The Labute approximate surface area is 156 Å². The number of aromatic nitrogens is 1. The Bertz CT molecular complexity index is 867. The summed E-state index contributed by atoms with van der Waals surface area (Å²) in [7, 11) is 0. The highest BCUT2D eigenvalue weighted by molar-refractivity contribution is 9.10. The van der Waals surface area contributed by atoms with Gasteiger partial charge in [0, 0.05) is 34.2 Å². The largest absolute Gasteiger partial charge is 0.398 e. The molecular weight excluding hydrogens is 386 g/mol. The third kappa shape index (κ3) is 3.08. The van der Waals surface area contributed by atoms with Crippen molar-refractivity contribution in [2.24, 2.45) is 0 Å². The van der Waals surface area contributed by atoms with Crippen LogP contribution in [0.25, 0.3) is 10.9 Å². The van der Waals surface area contributed by atoms with Gasteiger partial charge in [-0.1, -0.05) is 46.3 Å². The molecule has 3 nitrogen and oxygen atoms in total. The van der Waals surface area contributed by atoms with Gasteiger partial charge in [0.1, 0.15) is 5.82 Å². The molecule has 3 aromatic rings. The SMILES string of the molecule is Cl.Nc1c2c(nc3ccc(Br)cc13)N(Cc1ccccc1)CCC2. The van der Waals surface area contributed by atoms with E-state index in [1.54, 1.807) is 0 Å². The molecule has 1 aromatic heterocycles. The molecule has 4 rings (SSSR count). The van der Waals surface area contributed by atoms with Crippen LogP contribution in [-0.2, 0) is 13.0 Å². The summed E-state index contributed by atoms with van der Waals surface area (Å²) in [5.41, 5.74) is 10.8. The molecule has 2 aromatic carbocycles. The third-order valence-corrected chi connectivity index (χ3v) is 4.93. The van der Waals surface area contributed by atoms with Crippen LogP contribution in [0.15, 0.2) is 53.0 Å². The van der Waals surface area contributed by atoms with Gasteiger partial charge in [0.05, 0.1) is 5.52 Å². The van der Waals surface area contributed by atoms with Crippen molar-refractivity contribution in [1.82, 2.24) is 4.98 Å². The number of benzene rings is 2. The maximum atomic E-state index is 6.48. The number of pyridine rings is 1. The highest BCUT2D eigenvalue weighted by atomic mass is 79.9. The number of nitrogens with zero attached hydrogens (tertiary/aromatic N) is 2. The van der Waals surface area contributed by atoms with E-state index >= 15 is 0 Å². The molecule has 0 spiro atoms. The molecule has 0 saturated carbocycles. The zero-order valence-electron chi connectivity index (χ0n) is 13.2. The Hall–Kier alpha value is -1.78. The predicted octanol–water partition coefficient (Wildman–Crippen LogP) is 4.95. The van der Waals surface area contributed by atoms with Crippen molar-refractivity contribution in [3.63, 3.8) is 0 Å². The van der Waals surface area contributed by atoms with Crippen LogP contribution in [0.3, 0.4) is 0 Å². The normalized spacial score (nSPS) is 13.5. The lowest BCUT2D eigenvalue weighted by Gasteiger charge is -2.31. The second kappa shape index (κ2) is 6.99. The van der Waals surface area contributed by atoms with E-state index in [2.05, 4.69) is 57.2 Å². The Balaban J connectivity index is 0.00000169. The second-order valence-corrected chi connectivity index (χ2v) is 6.92. The minimum atomic E-state index is 0. The number of nitrogen functional groups attached to an aromatic ring is 1. The average Bonchev–Trinajstić information content (AvgIpc) is 2.57. The molecule has 1 aliphatic rings. The van der Waals surface area contributed by atoms with E-state index in [-0.39, 0.29) is 12.4 Å². The van der Waals surface area contributed by atoms with E-state index in [4.69, 9.17) is 10.7 Å².